The molecule has 0 spiro atoms. The summed E-state index contributed by atoms with van der Waals surface area (Å²) in [5.41, 5.74) is 0.847. The Morgan fingerprint density at radius 1 is 1.24 bits per heavy atom. The Bertz CT molecular complexity index is 923. The summed E-state index contributed by atoms with van der Waals surface area (Å²) >= 11 is 2.91. The third-order valence-corrected chi connectivity index (χ3v) is 6.92. The van der Waals surface area contributed by atoms with Gasteiger partial charge in [0.2, 0.25) is 11.1 Å². The largest absolute Gasteiger partial charge is 0.344 e. The molecule has 1 N–H and O–H groups in total. The number of nitrogens with zero attached hydrogens (tertiary/aromatic N) is 4. The Morgan fingerprint density at radius 3 is 2.76 bits per heavy atom. The van der Waals surface area contributed by atoms with Crippen LogP contribution in [0.4, 0.5) is 4.39 Å². The standard InChI is InChI=1S/C20H22FN5OS2/c21-15-10-8-14(9-11-15)19(17-7-4-12-28-17)22-18(27)13-29-20-23-24-25-26(20)16-5-2-1-3-6-16/h4,7-12,16,19H,1-3,5-6,13H2,(H,22,27). The van der Waals surface area contributed by atoms with E-state index in [9.17, 15) is 9.18 Å². The zero-order chi connectivity index (χ0) is 20.1. The predicted octanol–water partition coefficient (Wildman–Crippen LogP) is 4.38. The summed E-state index contributed by atoms with van der Waals surface area (Å²) in [6.07, 6.45) is 5.80. The van der Waals surface area contributed by atoms with E-state index in [1.165, 1.54) is 43.2 Å². The van der Waals surface area contributed by atoms with Crippen LogP contribution in [0.1, 0.15) is 54.6 Å². The van der Waals surface area contributed by atoms with Gasteiger partial charge in [-0.25, -0.2) is 9.07 Å². The number of thiophene rings is 1. The lowest BCUT2D eigenvalue weighted by Gasteiger charge is -2.22. The first kappa shape index (κ1) is 20.0. The predicted molar refractivity (Wildman–Crippen MR) is 111 cm³/mol. The number of tetrazole rings is 1. The molecule has 0 saturated heterocycles. The van der Waals surface area contributed by atoms with E-state index in [1.54, 1.807) is 23.5 Å². The Kier molecular flexibility index (Phi) is 6.56. The highest BCUT2D eigenvalue weighted by atomic mass is 32.2. The van der Waals surface area contributed by atoms with Crippen molar-refractivity contribution < 1.29 is 9.18 Å². The molecule has 6 nitrogen and oxygen atoms in total. The number of halogens is 1. The van der Waals surface area contributed by atoms with Gasteiger partial charge in [0.15, 0.2) is 0 Å². The van der Waals surface area contributed by atoms with Gasteiger partial charge in [0.1, 0.15) is 5.82 Å². The van der Waals surface area contributed by atoms with Gasteiger partial charge in [-0.1, -0.05) is 49.2 Å². The number of thioether (sulfide) groups is 1. The van der Waals surface area contributed by atoms with Crippen LogP contribution in [-0.2, 0) is 4.79 Å². The zero-order valence-electron chi connectivity index (χ0n) is 15.8. The van der Waals surface area contributed by atoms with E-state index in [0.717, 1.165) is 23.3 Å². The monoisotopic (exact) mass is 431 g/mol. The van der Waals surface area contributed by atoms with Crippen LogP contribution < -0.4 is 5.32 Å². The highest BCUT2D eigenvalue weighted by Crippen LogP contribution is 2.30. The van der Waals surface area contributed by atoms with Gasteiger partial charge in [-0.15, -0.1) is 16.4 Å². The minimum absolute atomic E-state index is 0.115. The van der Waals surface area contributed by atoms with Crippen molar-refractivity contribution in [2.45, 2.75) is 49.3 Å². The molecular formula is C20H22FN5OS2. The molecule has 1 amide bonds. The van der Waals surface area contributed by atoms with E-state index in [-0.39, 0.29) is 23.5 Å². The molecule has 29 heavy (non-hydrogen) atoms. The Balaban J connectivity index is 1.41. The highest BCUT2D eigenvalue weighted by Gasteiger charge is 2.22. The van der Waals surface area contributed by atoms with E-state index < -0.39 is 0 Å². The molecular weight excluding hydrogens is 409 g/mol. The van der Waals surface area contributed by atoms with Gasteiger partial charge in [-0.2, -0.15) is 0 Å². The molecule has 2 heterocycles. The van der Waals surface area contributed by atoms with Crippen molar-refractivity contribution in [2.24, 2.45) is 0 Å². The average molecular weight is 432 g/mol. The SMILES string of the molecule is O=C(CSc1nnnn1C1CCCCC1)NC(c1ccc(F)cc1)c1cccs1. The molecule has 1 atom stereocenters. The van der Waals surface area contributed by atoms with E-state index in [0.29, 0.717) is 11.2 Å². The van der Waals surface area contributed by atoms with Crippen molar-refractivity contribution >= 4 is 29.0 Å². The van der Waals surface area contributed by atoms with Gasteiger partial charge in [0.05, 0.1) is 17.8 Å². The van der Waals surface area contributed by atoms with E-state index in [2.05, 4.69) is 20.8 Å². The molecule has 9 heteroatoms. The van der Waals surface area contributed by atoms with Gasteiger partial charge in [-0.05, 0) is 52.4 Å². The number of carbonyl (C=O) groups is 1. The fourth-order valence-corrected chi connectivity index (χ4v) is 5.16. The van der Waals surface area contributed by atoms with Crippen LogP contribution in [0.15, 0.2) is 46.9 Å². The normalized spacial score (nSPS) is 15.9. The molecule has 1 aliphatic rings. The number of benzene rings is 1. The summed E-state index contributed by atoms with van der Waals surface area (Å²) < 4.78 is 15.2. The molecule has 4 rings (SSSR count). The van der Waals surface area contributed by atoms with Crippen molar-refractivity contribution in [1.82, 2.24) is 25.5 Å². The number of rotatable bonds is 7. The summed E-state index contributed by atoms with van der Waals surface area (Å²) in [6, 6.07) is 10.2. The van der Waals surface area contributed by atoms with Crippen LogP contribution in [0.5, 0.6) is 0 Å². The molecule has 1 fully saturated rings. The lowest BCUT2D eigenvalue weighted by Crippen LogP contribution is -2.30. The quantitative estimate of drug-likeness (QED) is 0.562. The minimum Gasteiger partial charge on any atom is -0.344 e. The van der Waals surface area contributed by atoms with Crippen LogP contribution in [0.2, 0.25) is 0 Å². The summed E-state index contributed by atoms with van der Waals surface area (Å²) in [6.45, 7) is 0. The van der Waals surface area contributed by atoms with Crippen molar-refractivity contribution in [1.29, 1.82) is 0 Å². The lowest BCUT2D eigenvalue weighted by atomic mass is 9.96. The highest BCUT2D eigenvalue weighted by molar-refractivity contribution is 7.99. The molecule has 1 aromatic carbocycles. The van der Waals surface area contributed by atoms with Crippen LogP contribution >= 0.6 is 23.1 Å². The van der Waals surface area contributed by atoms with Gasteiger partial charge in [-0.3, -0.25) is 4.79 Å². The van der Waals surface area contributed by atoms with Crippen molar-refractivity contribution in [3.63, 3.8) is 0 Å². The topological polar surface area (TPSA) is 72.7 Å². The molecule has 2 aromatic heterocycles. The van der Waals surface area contributed by atoms with Gasteiger partial charge >= 0.3 is 0 Å². The summed E-state index contributed by atoms with van der Waals surface area (Å²) in [5.74, 6) is -0.193. The van der Waals surface area contributed by atoms with Gasteiger partial charge < -0.3 is 5.32 Å². The molecule has 1 unspecified atom stereocenters. The van der Waals surface area contributed by atoms with Crippen LogP contribution in [-0.4, -0.2) is 31.9 Å². The third-order valence-electron chi connectivity index (χ3n) is 5.05. The second kappa shape index (κ2) is 9.49. The zero-order valence-corrected chi connectivity index (χ0v) is 17.5. The number of nitrogens with one attached hydrogen (secondary N) is 1. The average Bonchev–Trinajstić information content (AvgIpc) is 3.44. The third kappa shape index (κ3) is 5.02. The molecule has 152 valence electrons. The molecule has 0 bridgehead atoms. The van der Waals surface area contributed by atoms with Gasteiger partial charge in [0, 0.05) is 4.88 Å². The smallest absolute Gasteiger partial charge is 0.231 e. The molecule has 1 aliphatic carbocycles. The fraction of sp³-hybridized carbons (Fsp3) is 0.400. The van der Waals surface area contributed by atoms with Crippen molar-refractivity contribution in [3.05, 3.63) is 58.0 Å². The number of hydrogen-bond donors (Lipinski definition) is 1. The number of amides is 1. The maximum atomic E-state index is 13.3. The summed E-state index contributed by atoms with van der Waals surface area (Å²) in [7, 11) is 0. The lowest BCUT2D eigenvalue weighted by molar-refractivity contribution is -0.119. The van der Waals surface area contributed by atoms with E-state index in [4.69, 9.17) is 0 Å². The second-order valence-electron chi connectivity index (χ2n) is 7.05. The number of aromatic nitrogens is 4. The van der Waals surface area contributed by atoms with Gasteiger partial charge in [0.25, 0.3) is 0 Å². The maximum Gasteiger partial charge on any atom is 0.231 e. The summed E-state index contributed by atoms with van der Waals surface area (Å²) in [4.78, 5) is 13.7. The maximum absolute atomic E-state index is 13.3. The number of carbonyl (C=O) groups excluding carboxylic acids is 1. The van der Waals surface area contributed by atoms with Crippen LogP contribution in [0.3, 0.4) is 0 Å². The van der Waals surface area contributed by atoms with Crippen LogP contribution in [0, 0.1) is 5.82 Å². The van der Waals surface area contributed by atoms with E-state index in [1.807, 2.05) is 22.2 Å². The Hall–Kier alpha value is -2.26. The molecule has 0 radical (unpaired) electrons. The fourth-order valence-electron chi connectivity index (χ4n) is 3.60. The first-order valence-electron chi connectivity index (χ1n) is 9.69. The van der Waals surface area contributed by atoms with Crippen molar-refractivity contribution in [2.75, 3.05) is 5.75 Å². The molecule has 3 aromatic rings. The summed E-state index contributed by atoms with van der Waals surface area (Å²) in [5, 5.41) is 17.8. The first-order valence-corrected chi connectivity index (χ1v) is 11.6. The second-order valence-corrected chi connectivity index (χ2v) is 8.98. The van der Waals surface area contributed by atoms with Crippen LogP contribution in [0.25, 0.3) is 0 Å². The number of hydrogen-bond acceptors (Lipinski definition) is 6. The molecule has 1 saturated carbocycles. The Labute approximate surface area is 176 Å². The minimum atomic E-state index is -0.307. The van der Waals surface area contributed by atoms with Crippen molar-refractivity contribution in [3.8, 4) is 0 Å². The molecule has 0 aliphatic heterocycles. The first-order chi connectivity index (χ1) is 14.2. The van der Waals surface area contributed by atoms with E-state index >= 15 is 0 Å². The Morgan fingerprint density at radius 2 is 2.03 bits per heavy atom.